The Balaban J connectivity index is 2.03. The smallest absolute Gasteiger partial charge is 0.271 e. The highest BCUT2D eigenvalue weighted by atomic mass is 35.5. The van der Waals surface area contributed by atoms with E-state index in [0.717, 1.165) is 5.56 Å². The van der Waals surface area contributed by atoms with E-state index >= 15 is 0 Å². The van der Waals surface area contributed by atoms with Gasteiger partial charge in [-0.2, -0.15) is 0 Å². The van der Waals surface area contributed by atoms with Gasteiger partial charge in [-0.15, -0.1) is 0 Å². The summed E-state index contributed by atoms with van der Waals surface area (Å²) in [7, 11) is 0. The molecule has 9 heteroatoms. The first-order valence-electron chi connectivity index (χ1n) is 8.51. The summed E-state index contributed by atoms with van der Waals surface area (Å²) in [6.45, 7) is 3.89. The van der Waals surface area contributed by atoms with E-state index in [1.807, 2.05) is 0 Å². The van der Waals surface area contributed by atoms with Gasteiger partial charge in [0.1, 0.15) is 5.82 Å². The van der Waals surface area contributed by atoms with Crippen LogP contribution in [-0.4, -0.2) is 20.8 Å². The van der Waals surface area contributed by atoms with Crippen molar-refractivity contribution < 1.29 is 9.72 Å². The number of aromatic amines is 1. The molecule has 3 aromatic rings. The van der Waals surface area contributed by atoms with Gasteiger partial charge >= 0.3 is 0 Å². The highest BCUT2D eigenvalue weighted by molar-refractivity contribution is 6.33. The number of fused-ring (bicyclic) bond motifs is 1. The molecule has 1 aromatic heterocycles. The molecule has 0 atom stereocenters. The van der Waals surface area contributed by atoms with Crippen molar-refractivity contribution in [3.8, 4) is 11.4 Å². The lowest BCUT2D eigenvalue weighted by atomic mass is 10.1. The van der Waals surface area contributed by atoms with Crippen LogP contribution in [-0.2, 0) is 11.3 Å². The van der Waals surface area contributed by atoms with E-state index in [-0.39, 0.29) is 34.2 Å². The standard InChI is InChI=1S/C19H17ClN4O4/c1-10(2)18(25)21-9-11-3-6-15(20)14(7-11)17-22-16-8-12(24(27)28)4-5-13(16)19(26)23-17/h3-8,10H,9H2,1-2H3,(H,21,25)(H,22,23,26). The molecule has 28 heavy (non-hydrogen) atoms. The molecule has 0 saturated carbocycles. The Morgan fingerprint density at radius 2 is 2.04 bits per heavy atom. The summed E-state index contributed by atoms with van der Waals surface area (Å²) in [5.41, 5.74) is 0.846. The maximum atomic E-state index is 12.4. The molecule has 2 aromatic carbocycles. The monoisotopic (exact) mass is 400 g/mol. The van der Waals surface area contributed by atoms with Crippen molar-refractivity contribution in [2.75, 3.05) is 0 Å². The van der Waals surface area contributed by atoms with E-state index in [1.54, 1.807) is 32.0 Å². The summed E-state index contributed by atoms with van der Waals surface area (Å²) < 4.78 is 0. The van der Waals surface area contributed by atoms with E-state index in [4.69, 9.17) is 11.6 Å². The fourth-order valence-corrected chi connectivity index (χ4v) is 2.83. The Kier molecular flexibility index (Phi) is 5.41. The first kappa shape index (κ1) is 19.5. The third kappa shape index (κ3) is 4.01. The Morgan fingerprint density at radius 3 is 2.71 bits per heavy atom. The van der Waals surface area contributed by atoms with Crippen molar-refractivity contribution in [2.45, 2.75) is 20.4 Å². The topological polar surface area (TPSA) is 118 Å². The van der Waals surface area contributed by atoms with Gasteiger partial charge in [-0.1, -0.05) is 31.5 Å². The highest BCUT2D eigenvalue weighted by Gasteiger charge is 2.14. The van der Waals surface area contributed by atoms with E-state index in [9.17, 15) is 19.7 Å². The van der Waals surface area contributed by atoms with Gasteiger partial charge in [-0.3, -0.25) is 19.7 Å². The average Bonchev–Trinajstić information content (AvgIpc) is 2.66. The maximum Gasteiger partial charge on any atom is 0.271 e. The molecule has 1 amide bonds. The zero-order valence-corrected chi connectivity index (χ0v) is 15.9. The molecule has 0 radical (unpaired) electrons. The maximum absolute atomic E-state index is 12.4. The zero-order chi connectivity index (χ0) is 20.4. The Morgan fingerprint density at radius 1 is 1.29 bits per heavy atom. The number of non-ortho nitro benzene ring substituents is 1. The van der Waals surface area contributed by atoms with Gasteiger partial charge < -0.3 is 10.3 Å². The van der Waals surface area contributed by atoms with Crippen molar-refractivity contribution in [2.24, 2.45) is 5.92 Å². The van der Waals surface area contributed by atoms with Crippen LogP contribution in [0.4, 0.5) is 5.69 Å². The van der Waals surface area contributed by atoms with E-state index in [0.29, 0.717) is 17.1 Å². The minimum Gasteiger partial charge on any atom is -0.352 e. The van der Waals surface area contributed by atoms with Crippen molar-refractivity contribution in [3.05, 3.63) is 67.5 Å². The summed E-state index contributed by atoms with van der Waals surface area (Å²) >= 11 is 6.27. The molecule has 3 rings (SSSR count). The Hall–Kier alpha value is -3.26. The number of rotatable bonds is 5. The van der Waals surface area contributed by atoms with Gasteiger partial charge in [-0.25, -0.2) is 4.98 Å². The summed E-state index contributed by atoms with van der Waals surface area (Å²) in [6.07, 6.45) is 0. The predicted octanol–water partition coefficient (Wildman–Crippen LogP) is 3.42. The average molecular weight is 401 g/mol. The van der Waals surface area contributed by atoms with E-state index in [1.165, 1.54) is 18.2 Å². The number of carbonyl (C=O) groups is 1. The van der Waals surface area contributed by atoms with Crippen molar-refractivity contribution >= 4 is 34.1 Å². The molecule has 0 aliphatic carbocycles. The molecule has 8 nitrogen and oxygen atoms in total. The second-order valence-corrected chi connectivity index (χ2v) is 6.97. The first-order chi connectivity index (χ1) is 13.3. The van der Waals surface area contributed by atoms with Crippen LogP contribution in [0.1, 0.15) is 19.4 Å². The van der Waals surface area contributed by atoms with Gasteiger partial charge in [0.15, 0.2) is 0 Å². The molecule has 0 aliphatic heterocycles. The number of nitrogens with zero attached hydrogens (tertiary/aromatic N) is 2. The van der Waals surface area contributed by atoms with Gasteiger partial charge in [0.05, 0.1) is 20.8 Å². The number of hydrogen-bond acceptors (Lipinski definition) is 5. The summed E-state index contributed by atoms with van der Waals surface area (Å²) in [5.74, 6) is -0.0258. The molecule has 0 saturated heterocycles. The number of aromatic nitrogens is 2. The number of amides is 1. The normalized spacial score (nSPS) is 11.0. The van der Waals surface area contributed by atoms with Crippen molar-refractivity contribution in [3.63, 3.8) is 0 Å². The first-order valence-corrected chi connectivity index (χ1v) is 8.89. The summed E-state index contributed by atoms with van der Waals surface area (Å²) in [5, 5.41) is 14.4. The molecule has 2 N–H and O–H groups in total. The van der Waals surface area contributed by atoms with Gasteiger partial charge in [-0.05, 0) is 23.8 Å². The van der Waals surface area contributed by atoms with E-state index in [2.05, 4.69) is 15.3 Å². The second kappa shape index (κ2) is 7.77. The summed E-state index contributed by atoms with van der Waals surface area (Å²) in [6, 6.07) is 8.98. The predicted molar refractivity (Wildman–Crippen MR) is 106 cm³/mol. The molecule has 144 valence electrons. The number of hydrogen-bond donors (Lipinski definition) is 2. The SMILES string of the molecule is CC(C)C(=O)NCc1ccc(Cl)c(-c2nc3cc([N+](=O)[O-])ccc3c(=O)[nH]2)c1. The van der Waals surface area contributed by atoms with Gasteiger partial charge in [0.25, 0.3) is 11.2 Å². The fraction of sp³-hybridized carbons (Fsp3) is 0.211. The van der Waals surface area contributed by atoms with Crippen LogP contribution in [0, 0.1) is 16.0 Å². The van der Waals surface area contributed by atoms with Gasteiger partial charge in [0, 0.05) is 30.2 Å². The lowest BCUT2D eigenvalue weighted by molar-refractivity contribution is -0.384. The molecule has 0 spiro atoms. The number of carbonyl (C=O) groups excluding carboxylic acids is 1. The lowest BCUT2D eigenvalue weighted by Gasteiger charge is -2.10. The van der Waals surface area contributed by atoms with Crippen LogP contribution < -0.4 is 10.9 Å². The Labute approximate surface area is 164 Å². The molecular formula is C19H17ClN4O4. The lowest BCUT2D eigenvalue weighted by Crippen LogP contribution is -2.27. The number of nitro groups is 1. The zero-order valence-electron chi connectivity index (χ0n) is 15.2. The molecule has 0 aliphatic rings. The van der Waals surface area contributed by atoms with Crippen LogP contribution in [0.3, 0.4) is 0 Å². The third-order valence-electron chi connectivity index (χ3n) is 4.18. The number of nitrogens with one attached hydrogen (secondary N) is 2. The van der Waals surface area contributed by atoms with Crippen molar-refractivity contribution in [1.82, 2.24) is 15.3 Å². The van der Waals surface area contributed by atoms with Crippen molar-refractivity contribution in [1.29, 1.82) is 0 Å². The highest BCUT2D eigenvalue weighted by Crippen LogP contribution is 2.27. The summed E-state index contributed by atoms with van der Waals surface area (Å²) in [4.78, 5) is 41.6. The molecule has 0 unspecified atom stereocenters. The van der Waals surface area contributed by atoms with Crippen LogP contribution >= 0.6 is 11.6 Å². The largest absolute Gasteiger partial charge is 0.352 e. The quantitative estimate of drug-likeness (QED) is 0.502. The number of nitro benzene ring substituents is 1. The third-order valence-corrected chi connectivity index (χ3v) is 4.51. The number of halogens is 1. The molecule has 0 fully saturated rings. The molecule has 0 bridgehead atoms. The Bertz CT molecular complexity index is 1140. The van der Waals surface area contributed by atoms with Crippen LogP contribution in [0.25, 0.3) is 22.3 Å². The molecule has 1 heterocycles. The van der Waals surface area contributed by atoms with Crippen LogP contribution in [0.2, 0.25) is 5.02 Å². The fourth-order valence-electron chi connectivity index (χ4n) is 2.63. The number of benzene rings is 2. The van der Waals surface area contributed by atoms with Gasteiger partial charge in [0.2, 0.25) is 5.91 Å². The van der Waals surface area contributed by atoms with E-state index < -0.39 is 10.5 Å². The molecular weight excluding hydrogens is 384 g/mol. The minimum atomic E-state index is -0.549. The van der Waals surface area contributed by atoms with Crippen LogP contribution in [0.15, 0.2) is 41.2 Å². The number of H-pyrrole nitrogens is 1. The van der Waals surface area contributed by atoms with Crippen LogP contribution in [0.5, 0.6) is 0 Å². The second-order valence-electron chi connectivity index (χ2n) is 6.56. The minimum absolute atomic E-state index is 0.0824.